The van der Waals surface area contributed by atoms with Crippen molar-refractivity contribution in [1.29, 1.82) is 0 Å². The van der Waals surface area contributed by atoms with Crippen molar-refractivity contribution in [1.82, 2.24) is 5.32 Å². The first-order chi connectivity index (χ1) is 9.86. The predicted molar refractivity (Wildman–Crippen MR) is 80.9 cm³/mol. The van der Waals surface area contributed by atoms with Gasteiger partial charge in [0.2, 0.25) is 15.9 Å². The molecule has 1 amide bonds. The molecule has 21 heavy (non-hydrogen) atoms. The lowest BCUT2D eigenvalue weighted by Gasteiger charge is -2.16. The lowest BCUT2D eigenvalue weighted by Crippen LogP contribution is -2.28. The van der Waals surface area contributed by atoms with E-state index >= 15 is 0 Å². The maximum Gasteiger partial charge on any atom is 0.238 e. The smallest absolute Gasteiger partial charge is 0.238 e. The van der Waals surface area contributed by atoms with Crippen molar-refractivity contribution in [3.63, 3.8) is 0 Å². The molecule has 1 saturated carbocycles. The summed E-state index contributed by atoms with van der Waals surface area (Å²) in [5.74, 6) is 0.517. The van der Waals surface area contributed by atoms with E-state index in [1.165, 1.54) is 25.0 Å². The van der Waals surface area contributed by atoms with Gasteiger partial charge < -0.3 is 5.32 Å². The zero-order valence-corrected chi connectivity index (χ0v) is 13.0. The van der Waals surface area contributed by atoms with Crippen molar-refractivity contribution in [2.75, 3.05) is 0 Å². The summed E-state index contributed by atoms with van der Waals surface area (Å²) in [6, 6.07) is 6.15. The quantitative estimate of drug-likeness (QED) is 0.872. The molecule has 0 saturated heterocycles. The van der Waals surface area contributed by atoms with Gasteiger partial charge in [-0.1, -0.05) is 25.0 Å². The van der Waals surface area contributed by atoms with Gasteiger partial charge in [-0.3, -0.25) is 4.79 Å². The largest absolute Gasteiger partial charge is 0.350 e. The van der Waals surface area contributed by atoms with Crippen molar-refractivity contribution in [2.45, 2.75) is 50.0 Å². The molecule has 0 aliphatic heterocycles. The number of nitrogens with two attached hydrogens (primary N) is 1. The predicted octanol–water partition coefficient (Wildman–Crippen LogP) is 2.09. The van der Waals surface area contributed by atoms with E-state index in [0.29, 0.717) is 12.3 Å². The first-order valence-corrected chi connectivity index (χ1v) is 8.83. The van der Waals surface area contributed by atoms with Gasteiger partial charge in [0.1, 0.15) is 0 Å². The average molecular weight is 310 g/mol. The first-order valence-electron chi connectivity index (χ1n) is 7.28. The molecule has 1 aliphatic rings. The molecule has 0 radical (unpaired) electrons. The van der Waals surface area contributed by atoms with E-state index in [1.54, 1.807) is 12.1 Å². The van der Waals surface area contributed by atoms with Crippen LogP contribution in [0.3, 0.4) is 0 Å². The van der Waals surface area contributed by atoms with Crippen molar-refractivity contribution in [2.24, 2.45) is 11.1 Å². The number of amides is 1. The van der Waals surface area contributed by atoms with Gasteiger partial charge in [0.25, 0.3) is 0 Å². The third kappa shape index (κ3) is 4.54. The summed E-state index contributed by atoms with van der Waals surface area (Å²) in [7, 11) is -3.72. The molecule has 2 rings (SSSR count). The molecule has 116 valence electrons. The van der Waals surface area contributed by atoms with Crippen LogP contribution < -0.4 is 10.5 Å². The Labute approximate surface area is 126 Å². The Morgan fingerprint density at radius 1 is 1.38 bits per heavy atom. The Hall–Kier alpha value is -1.40. The van der Waals surface area contributed by atoms with Gasteiger partial charge in [0, 0.05) is 6.42 Å². The fourth-order valence-corrected chi connectivity index (χ4v) is 3.39. The van der Waals surface area contributed by atoms with Crippen LogP contribution >= 0.6 is 0 Å². The molecule has 0 heterocycles. The van der Waals surface area contributed by atoms with Gasteiger partial charge in [-0.25, -0.2) is 13.6 Å². The van der Waals surface area contributed by atoms with E-state index in [0.717, 1.165) is 18.4 Å². The number of carbonyl (C=O) groups excluding carboxylic acids is 1. The summed E-state index contributed by atoms with van der Waals surface area (Å²) in [5, 5.41) is 8.05. The van der Waals surface area contributed by atoms with Crippen LogP contribution in [0.4, 0.5) is 0 Å². The molecule has 0 spiro atoms. The van der Waals surface area contributed by atoms with Crippen LogP contribution in [0.25, 0.3) is 0 Å². The van der Waals surface area contributed by atoms with Crippen LogP contribution in [0.2, 0.25) is 0 Å². The van der Waals surface area contributed by atoms with E-state index in [4.69, 9.17) is 5.14 Å². The summed E-state index contributed by atoms with van der Waals surface area (Å²) in [5.41, 5.74) is 0.737. The minimum atomic E-state index is -3.72. The molecule has 3 N–H and O–H groups in total. The van der Waals surface area contributed by atoms with Crippen LogP contribution in [0, 0.1) is 5.92 Å². The Morgan fingerprint density at radius 2 is 2.05 bits per heavy atom. The maximum atomic E-state index is 12.0. The number of rotatable bonds is 5. The molecular formula is C15H22N2O3S. The summed E-state index contributed by atoms with van der Waals surface area (Å²) in [6.07, 6.45) is 5.23. The molecule has 1 aromatic rings. The van der Waals surface area contributed by atoms with E-state index in [-0.39, 0.29) is 16.8 Å². The third-order valence-electron chi connectivity index (χ3n) is 4.01. The summed E-state index contributed by atoms with van der Waals surface area (Å²) in [4.78, 5) is 12.1. The Kier molecular flexibility index (Phi) is 5.00. The normalized spacial score (nSPS) is 17.6. The van der Waals surface area contributed by atoms with E-state index in [2.05, 4.69) is 5.32 Å². The minimum Gasteiger partial charge on any atom is -0.350 e. The number of primary sulfonamides is 1. The van der Waals surface area contributed by atoms with Crippen LogP contribution in [-0.4, -0.2) is 14.3 Å². The number of carbonyl (C=O) groups is 1. The summed E-state index contributed by atoms with van der Waals surface area (Å²) in [6.45, 7) is 1.84. The van der Waals surface area contributed by atoms with Crippen LogP contribution in [0.1, 0.15) is 50.6 Å². The fraction of sp³-hybridized carbons (Fsp3) is 0.533. The molecule has 1 aromatic carbocycles. The highest BCUT2D eigenvalue weighted by Crippen LogP contribution is 2.27. The monoisotopic (exact) mass is 310 g/mol. The van der Waals surface area contributed by atoms with E-state index in [9.17, 15) is 13.2 Å². The summed E-state index contributed by atoms with van der Waals surface area (Å²) >= 11 is 0. The molecular weight excluding hydrogens is 288 g/mol. The van der Waals surface area contributed by atoms with Crippen molar-refractivity contribution in [3.8, 4) is 0 Å². The Bertz CT molecular complexity index is 607. The Morgan fingerprint density at radius 3 is 2.67 bits per heavy atom. The molecule has 1 atom stereocenters. The van der Waals surface area contributed by atoms with E-state index in [1.807, 2.05) is 6.92 Å². The summed E-state index contributed by atoms with van der Waals surface area (Å²) < 4.78 is 22.7. The SMILES string of the molecule is C[C@@H](NC(=O)CC1CCCC1)c1cccc(S(N)(=O)=O)c1. The van der Waals surface area contributed by atoms with Gasteiger partial charge >= 0.3 is 0 Å². The average Bonchev–Trinajstić information content (AvgIpc) is 2.90. The second-order valence-corrected chi connectivity index (χ2v) is 7.32. The molecule has 0 bridgehead atoms. The fourth-order valence-electron chi connectivity index (χ4n) is 2.82. The minimum absolute atomic E-state index is 0.0235. The number of sulfonamides is 1. The second kappa shape index (κ2) is 6.58. The number of hydrogen-bond acceptors (Lipinski definition) is 3. The highest BCUT2D eigenvalue weighted by Gasteiger charge is 2.20. The van der Waals surface area contributed by atoms with Gasteiger partial charge in [-0.2, -0.15) is 0 Å². The number of benzene rings is 1. The van der Waals surface area contributed by atoms with Crippen LogP contribution in [-0.2, 0) is 14.8 Å². The van der Waals surface area contributed by atoms with Gasteiger partial charge in [-0.05, 0) is 43.4 Å². The first kappa shape index (κ1) is 16.0. The Balaban J connectivity index is 1.99. The second-order valence-electron chi connectivity index (χ2n) is 5.76. The molecule has 0 unspecified atom stereocenters. The van der Waals surface area contributed by atoms with Crippen molar-refractivity contribution in [3.05, 3.63) is 29.8 Å². The number of hydrogen-bond donors (Lipinski definition) is 2. The van der Waals surface area contributed by atoms with Crippen LogP contribution in [0.15, 0.2) is 29.2 Å². The molecule has 5 nitrogen and oxygen atoms in total. The van der Waals surface area contributed by atoms with Gasteiger partial charge in [0.05, 0.1) is 10.9 Å². The molecule has 6 heteroatoms. The maximum absolute atomic E-state index is 12.0. The molecule has 1 aliphatic carbocycles. The molecule has 0 aromatic heterocycles. The van der Waals surface area contributed by atoms with Crippen molar-refractivity contribution >= 4 is 15.9 Å². The zero-order valence-electron chi connectivity index (χ0n) is 12.2. The van der Waals surface area contributed by atoms with Gasteiger partial charge in [0.15, 0.2) is 0 Å². The van der Waals surface area contributed by atoms with Crippen LogP contribution in [0.5, 0.6) is 0 Å². The highest BCUT2D eigenvalue weighted by atomic mass is 32.2. The zero-order chi connectivity index (χ0) is 15.5. The lowest BCUT2D eigenvalue weighted by atomic mass is 10.0. The van der Waals surface area contributed by atoms with Gasteiger partial charge in [-0.15, -0.1) is 0 Å². The number of nitrogens with one attached hydrogen (secondary N) is 1. The topological polar surface area (TPSA) is 89.3 Å². The lowest BCUT2D eigenvalue weighted by molar-refractivity contribution is -0.122. The standard InChI is InChI=1S/C15H22N2O3S/c1-11(17-15(18)9-12-5-2-3-6-12)13-7-4-8-14(10-13)21(16,19)20/h4,7-8,10-12H,2-3,5-6,9H2,1H3,(H,17,18)(H2,16,19,20)/t11-/m1/s1. The third-order valence-corrected chi connectivity index (χ3v) is 4.92. The van der Waals surface area contributed by atoms with E-state index < -0.39 is 10.0 Å². The highest BCUT2D eigenvalue weighted by molar-refractivity contribution is 7.89. The van der Waals surface area contributed by atoms with Crippen molar-refractivity contribution < 1.29 is 13.2 Å². The molecule has 1 fully saturated rings.